The molecular weight excluding hydrogens is 207 g/mol. The van der Waals surface area contributed by atoms with Crippen LogP contribution in [0, 0.1) is 6.42 Å². The minimum atomic E-state index is -0.862. The van der Waals surface area contributed by atoms with Crippen molar-refractivity contribution in [2.24, 2.45) is 0 Å². The van der Waals surface area contributed by atoms with Crippen molar-refractivity contribution in [3.05, 3.63) is 6.42 Å². The summed E-state index contributed by atoms with van der Waals surface area (Å²) in [6.07, 6.45) is 2.73. The zero-order valence-corrected chi connectivity index (χ0v) is 13.1. The summed E-state index contributed by atoms with van der Waals surface area (Å²) < 4.78 is 0. The highest BCUT2D eigenvalue weighted by molar-refractivity contribution is 7.66. The molecule has 1 aliphatic rings. The smallest absolute Gasteiger partial charge is 0.0523 e. The van der Waals surface area contributed by atoms with Gasteiger partial charge >= 0.3 is 0 Å². The molecule has 0 N–H and O–H groups in total. The molecule has 1 radical (unpaired) electrons. The lowest BCUT2D eigenvalue weighted by molar-refractivity contribution is 1.08. The summed E-state index contributed by atoms with van der Waals surface area (Å²) in [5.74, 6) is 0. The highest BCUT2D eigenvalue weighted by atomic mass is 31.1. The highest BCUT2D eigenvalue weighted by Crippen LogP contribution is 2.61. The van der Waals surface area contributed by atoms with E-state index >= 15 is 0 Å². The molecule has 1 saturated heterocycles. The molecule has 13 heavy (non-hydrogen) atoms. The minimum Gasteiger partial charge on any atom is -0.108 e. The first-order chi connectivity index (χ1) is 5.64. The molecule has 1 heterocycles. The molecule has 3 heteroatoms. The Hall–Kier alpha value is 0.864. The van der Waals surface area contributed by atoms with Gasteiger partial charge in [-0.05, 0) is 23.7 Å². The van der Waals surface area contributed by atoms with Crippen LogP contribution in [0.25, 0.3) is 0 Å². The van der Waals surface area contributed by atoms with E-state index in [4.69, 9.17) is 0 Å². The van der Waals surface area contributed by atoms with Crippen LogP contribution in [0.3, 0.4) is 0 Å². The minimum absolute atomic E-state index is 0.347. The van der Waals surface area contributed by atoms with Gasteiger partial charge in [-0.25, -0.2) is 0 Å². The van der Waals surface area contributed by atoms with Gasteiger partial charge in [-0.15, -0.1) is 7.92 Å². The summed E-state index contributed by atoms with van der Waals surface area (Å²) in [5.41, 5.74) is 0. The van der Waals surface area contributed by atoms with Crippen molar-refractivity contribution in [2.75, 3.05) is 6.66 Å². The highest BCUT2D eigenvalue weighted by Gasteiger charge is 2.49. The third kappa shape index (κ3) is 2.46. The molecule has 1 fully saturated rings. The van der Waals surface area contributed by atoms with Crippen molar-refractivity contribution in [1.29, 1.82) is 0 Å². The summed E-state index contributed by atoms with van der Waals surface area (Å²) in [7, 11) is -1.38. The third-order valence-electron chi connectivity index (χ3n) is 3.02. The second kappa shape index (κ2) is 3.46. The first-order valence-electron chi connectivity index (χ1n) is 5.21. The topological polar surface area (TPSA) is 0 Å². The van der Waals surface area contributed by atoms with Crippen LogP contribution in [-0.2, 0) is 0 Å². The maximum absolute atomic E-state index is 2.73. The third-order valence-corrected chi connectivity index (χ3v) is 16.1. The van der Waals surface area contributed by atoms with Gasteiger partial charge in [0, 0.05) is 0 Å². The normalized spacial score (nSPS) is 35.8. The molecule has 2 unspecified atom stereocenters. The molecule has 0 nitrogen and oxygen atoms in total. The molecule has 0 amide bonds. The van der Waals surface area contributed by atoms with Crippen molar-refractivity contribution in [3.63, 3.8) is 0 Å². The van der Waals surface area contributed by atoms with E-state index in [1.165, 1.54) is 0 Å². The SMILES string of the molecule is CP1C([Si](C)(C)C)[CH]C1[Si](C)(C)C. The average molecular weight is 231 g/mol. The molecular formula is C10H24PSi2. The zero-order valence-electron chi connectivity index (χ0n) is 10.2. The van der Waals surface area contributed by atoms with E-state index in [0.29, 0.717) is 7.92 Å². The van der Waals surface area contributed by atoms with Crippen LogP contribution in [-0.4, -0.2) is 33.4 Å². The fraction of sp³-hybridized carbons (Fsp3) is 0.900. The van der Waals surface area contributed by atoms with Gasteiger partial charge in [0.1, 0.15) is 0 Å². The predicted molar refractivity (Wildman–Crippen MR) is 71.4 cm³/mol. The molecule has 2 atom stereocenters. The monoisotopic (exact) mass is 231 g/mol. The van der Waals surface area contributed by atoms with E-state index in [2.05, 4.69) is 52.4 Å². The second-order valence-corrected chi connectivity index (χ2v) is 20.6. The van der Waals surface area contributed by atoms with Gasteiger partial charge in [0.05, 0.1) is 16.1 Å². The summed E-state index contributed by atoms with van der Waals surface area (Å²) in [6.45, 7) is 17.7. The predicted octanol–water partition coefficient (Wildman–Crippen LogP) is 3.81. The Balaban J connectivity index is 2.58. The first-order valence-corrected chi connectivity index (χ1v) is 14.3. The zero-order chi connectivity index (χ0) is 10.4. The van der Waals surface area contributed by atoms with Crippen LogP contribution in [0.1, 0.15) is 0 Å². The Morgan fingerprint density at radius 3 is 1.31 bits per heavy atom. The fourth-order valence-corrected chi connectivity index (χ4v) is 16.5. The van der Waals surface area contributed by atoms with E-state index in [0.717, 1.165) is 10.6 Å². The first kappa shape index (κ1) is 11.9. The quantitative estimate of drug-likeness (QED) is 0.501. The lowest BCUT2D eigenvalue weighted by atomic mass is 10.5. The van der Waals surface area contributed by atoms with Crippen LogP contribution >= 0.6 is 7.92 Å². The Morgan fingerprint density at radius 1 is 0.846 bits per heavy atom. The number of hydrogen-bond acceptors (Lipinski definition) is 0. The standard InChI is InChI=1S/C10H24PSi2/c1-11-9(12(2,3)4)8-10(11)13(5,6)7/h8-10H,1-7H3. The van der Waals surface area contributed by atoms with Crippen molar-refractivity contribution in [1.82, 2.24) is 0 Å². The molecule has 0 saturated carbocycles. The van der Waals surface area contributed by atoms with Crippen LogP contribution in [0.5, 0.6) is 0 Å². The van der Waals surface area contributed by atoms with Crippen LogP contribution in [0.4, 0.5) is 0 Å². The van der Waals surface area contributed by atoms with E-state index < -0.39 is 16.1 Å². The van der Waals surface area contributed by atoms with Crippen LogP contribution < -0.4 is 0 Å². The Kier molecular flexibility index (Phi) is 3.18. The summed E-state index contributed by atoms with van der Waals surface area (Å²) >= 11 is 0. The molecule has 0 aliphatic carbocycles. The van der Waals surface area contributed by atoms with Crippen LogP contribution in [0.2, 0.25) is 39.3 Å². The summed E-state index contributed by atoms with van der Waals surface area (Å²) in [4.78, 5) is 0. The van der Waals surface area contributed by atoms with Crippen molar-refractivity contribution >= 4 is 24.1 Å². The van der Waals surface area contributed by atoms with Crippen molar-refractivity contribution in [2.45, 2.75) is 49.8 Å². The fourth-order valence-electron chi connectivity index (χ4n) is 2.31. The van der Waals surface area contributed by atoms with E-state index in [-0.39, 0.29) is 0 Å². The van der Waals surface area contributed by atoms with Gasteiger partial charge in [0.2, 0.25) is 0 Å². The van der Waals surface area contributed by atoms with Gasteiger partial charge in [0.25, 0.3) is 0 Å². The van der Waals surface area contributed by atoms with Crippen LogP contribution in [0.15, 0.2) is 0 Å². The lowest BCUT2D eigenvalue weighted by Crippen LogP contribution is -2.55. The summed E-state index contributed by atoms with van der Waals surface area (Å²) in [6, 6.07) is 0. The molecule has 1 aliphatic heterocycles. The van der Waals surface area contributed by atoms with Crippen molar-refractivity contribution < 1.29 is 0 Å². The molecule has 0 bridgehead atoms. The van der Waals surface area contributed by atoms with E-state index in [9.17, 15) is 0 Å². The Bertz CT molecular complexity index is 170. The number of hydrogen-bond donors (Lipinski definition) is 0. The number of rotatable bonds is 2. The van der Waals surface area contributed by atoms with Crippen molar-refractivity contribution in [3.8, 4) is 0 Å². The van der Waals surface area contributed by atoms with E-state index in [1.54, 1.807) is 0 Å². The molecule has 1 rings (SSSR count). The molecule has 0 spiro atoms. The second-order valence-electron chi connectivity index (χ2n) is 6.48. The summed E-state index contributed by atoms with van der Waals surface area (Å²) in [5, 5.41) is 2.11. The Labute approximate surface area is 87.3 Å². The largest absolute Gasteiger partial charge is 0.108 e. The molecule has 77 valence electrons. The average Bonchev–Trinajstić information content (AvgIpc) is 1.77. The maximum Gasteiger partial charge on any atom is 0.0523 e. The lowest BCUT2D eigenvalue weighted by Gasteiger charge is -2.53. The van der Waals surface area contributed by atoms with Gasteiger partial charge in [-0.2, -0.15) is 0 Å². The molecule has 0 aromatic rings. The molecule has 0 aromatic heterocycles. The molecule has 0 aromatic carbocycles. The van der Waals surface area contributed by atoms with Gasteiger partial charge < -0.3 is 0 Å². The van der Waals surface area contributed by atoms with Gasteiger partial charge in [-0.3, -0.25) is 0 Å². The van der Waals surface area contributed by atoms with Gasteiger partial charge in [0.15, 0.2) is 0 Å². The maximum atomic E-state index is 2.73. The van der Waals surface area contributed by atoms with E-state index in [1.807, 2.05) is 0 Å². The van der Waals surface area contributed by atoms with Gasteiger partial charge in [-0.1, -0.05) is 39.3 Å². The Morgan fingerprint density at radius 2 is 1.15 bits per heavy atom.